The average molecular weight is 361 g/mol. The molecule has 0 aliphatic carbocycles. The highest BCUT2D eigenvalue weighted by atomic mass is 79.9. The van der Waals surface area contributed by atoms with Crippen LogP contribution in [0.5, 0.6) is 0 Å². The summed E-state index contributed by atoms with van der Waals surface area (Å²) in [5.74, 6) is -0.400. The van der Waals surface area contributed by atoms with Gasteiger partial charge in [0.05, 0.1) is 33.9 Å². The maximum atomic E-state index is 12.3. The second-order valence-corrected chi connectivity index (χ2v) is 6.01. The predicted molar refractivity (Wildman–Crippen MR) is 88.4 cm³/mol. The number of aromatic nitrogens is 2. The molecule has 22 heavy (non-hydrogen) atoms. The number of hydrogen-bond donors (Lipinski definition) is 1. The Morgan fingerprint density at radius 1 is 1.45 bits per heavy atom. The molecule has 5 nitrogen and oxygen atoms in total. The van der Waals surface area contributed by atoms with E-state index >= 15 is 0 Å². The zero-order valence-corrected chi connectivity index (χ0v) is 14.3. The Morgan fingerprint density at radius 3 is 2.73 bits per heavy atom. The summed E-state index contributed by atoms with van der Waals surface area (Å²) in [6.07, 6.45) is 0. The summed E-state index contributed by atoms with van der Waals surface area (Å²) >= 11 is 3.48. The molecule has 0 spiro atoms. The maximum absolute atomic E-state index is 12.3. The number of carbonyl (C=O) groups excluding carboxylic acids is 1. The minimum absolute atomic E-state index is 0.133. The van der Waals surface area contributed by atoms with E-state index in [1.54, 1.807) is 24.3 Å². The highest BCUT2D eigenvalue weighted by Crippen LogP contribution is 2.21. The number of nitrogens with one attached hydrogen (secondary N) is 1. The van der Waals surface area contributed by atoms with Gasteiger partial charge in [-0.25, -0.2) is 0 Å². The van der Waals surface area contributed by atoms with Crippen LogP contribution in [0, 0.1) is 31.1 Å². The van der Waals surface area contributed by atoms with Crippen LogP contribution in [0.2, 0.25) is 0 Å². The number of nitriles is 1. The lowest BCUT2D eigenvalue weighted by Gasteiger charge is -2.14. The van der Waals surface area contributed by atoms with Crippen LogP contribution >= 0.6 is 15.9 Å². The van der Waals surface area contributed by atoms with Gasteiger partial charge in [0.15, 0.2) is 0 Å². The monoisotopic (exact) mass is 360 g/mol. The van der Waals surface area contributed by atoms with Crippen molar-refractivity contribution in [1.29, 1.82) is 5.26 Å². The van der Waals surface area contributed by atoms with Gasteiger partial charge < -0.3 is 5.32 Å². The van der Waals surface area contributed by atoms with Crippen LogP contribution in [0.25, 0.3) is 0 Å². The molecule has 1 heterocycles. The molecule has 2 rings (SSSR count). The number of anilines is 1. The van der Waals surface area contributed by atoms with E-state index in [-0.39, 0.29) is 11.8 Å². The quantitative estimate of drug-likeness (QED) is 0.907. The van der Waals surface area contributed by atoms with Crippen LogP contribution < -0.4 is 5.32 Å². The smallest absolute Gasteiger partial charge is 0.229 e. The van der Waals surface area contributed by atoms with Crippen molar-refractivity contribution in [2.45, 2.75) is 27.3 Å². The first-order chi connectivity index (χ1) is 10.4. The molecular weight excluding hydrogens is 344 g/mol. The average Bonchev–Trinajstić information content (AvgIpc) is 2.75. The van der Waals surface area contributed by atoms with Crippen LogP contribution in [-0.2, 0) is 11.3 Å². The first kappa shape index (κ1) is 16.2. The zero-order valence-electron chi connectivity index (χ0n) is 12.7. The predicted octanol–water partition coefficient (Wildman–Crippen LogP) is 3.41. The third-order valence-electron chi connectivity index (χ3n) is 3.49. The molecule has 114 valence electrons. The van der Waals surface area contributed by atoms with Crippen molar-refractivity contribution in [2.24, 2.45) is 5.92 Å². The van der Waals surface area contributed by atoms with Gasteiger partial charge in [0.25, 0.3) is 0 Å². The highest BCUT2D eigenvalue weighted by molar-refractivity contribution is 9.10. The molecule has 1 atom stereocenters. The van der Waals surface area contributed by atoms with Gasteiger partial charge in [-0.3, -0.25) is 9.48 Å². The SMILES string of the molecule is Cc1nn(CC(C)C(=O)Nc2ccccc2C#N)c(C)c1Br. The largest absolute Gasteiger partial charge is 0.325 e. The van der Waals surface area contributed by atoms with Gasteiger partial charge in [-0.2, -0.15) is 10.4 Å². The number of hydrogen-bond acceptors (Lipinski definition) is 3. The third kappa shape index (κ3) is 3.37. The number of nitrogens with zero attached hydrogens (tertiary/aromatic N) is 3. The number of para-hydroxylation sites is 1. The summed E-state index contributed by atoms with van der Waals surface area (Å²) in [6, 6.07) is 9.04. The van der Waals surface area contributed by atoms with Crippen LogP contribution in [0.4, 0.5) is 5.69 Å². The first-order valence-corrected chi connectivity index (χ1v) is 7.72. The van der Waals surface area contributed by atoms with Gasteiger partial charge in [0, 0.05) is 5.69 Å². The maximum Gasteiger partial charge on any atom is 0.229 e. The molecule has 0 radical (unpaired) electrons. The lowest BCUT2D eigenvalue weighted by atomic mass is 10.1. The Hall–Kier alpha value is -2.13. The topological polar surface area (TPSA) is 70.7 Å². The molecule has 2 aromatic rings. The number of benzene rings is 1. The van der Waals surface area contributed by atoms with Crippen LogP contribution in [0.3, 0.4) is 0 Å². The van der Waals surface area contributed by atoms with Crippen molar-refractivity contribution in [3.63, 3.8) is 0 Å². The lowest BCUT2D eigenvalue weighted by Crippen LogP contribution is -2.25. The fraction of sp³-hybridized carbons (Fsp3) is 0.312. The summed E-state index contributed by atoms with van der Waals surface area (Å²) in [7, 11) is 0. The van der Waals surface area contributed by atoms with Gasteiger partial charge in [-0.15, -0.1) is 0 Å². The molecule has 0 saturated heterocycles. The van der Waals surface area contributed by atoms with Crippen molar-refractivity contribution in [2.75, 3.05) is 5.32 Å². The Labute approximate surface area is 138 Å². The van der Waals surface area contributed by atoms with Gasteiger partial charge in [-0.1, -0.05) is 19.1 Å². The molecule has 0 saturated carbocycles. The standard InChI is InChI=1S/C16H17BrN4O/c1-10(9-21-12(3)15(17)11(2)20-21)16(22)19-14-7-5-4-6-13(14)8-18/h4-7,10H,9H2,1-3H3,(H,19,22). The van der Waals surface area contributed by atoms with Gasteiger partial charge >= 0.3 is 0 Å². The Balaban J connectivity index is 2.10. The highest BCUT2D eigenvalue weighted by Gasteiger charge is 2.18. The molecule has 0 fully saturated rings. The van der Waals surface area contributed by atoms with E-state index in [2.05, 4.69) is 32.4 Å². The molecule has 1 unspecified atom stereocenters. The summed E-state index contributed by atoms with van der Waals surface area (Å²) in [6.45, 7) is 6.20. The molecule has 0 bridgehead atoms. The molecule has 1 aromatic heterocycles. The summed E-state index contributed by atoms with van der Waals surface area (Å²) in [5, 5.41) is 16.3. The van der Waals surface area contributed by atoms with Crippen LogP contribution in [-0.4, -0.2) is 15.7 Å². The molecule has 1 N–H and O–H groups in total. The van der Waals surface area contributed by atoms with E-state index < -0.39 is 0 Å². The number of rotatable bonds is 4. The van der Waals surface area contributed by atoms with Crippen LogP contribution in [0.15, 0.2) is 28.7 Å². The Bertz CT molecular complexity index is 745. The summed E-state index contributed by atoms with van der Waals surface area (Å²) < 4.78 is 2.79. The molecular formula is C16H17BrN4O. The van der Waals surface area contributed by atoms with E-state index in [1.807, 2.05) is 25.5 Å². The van der Waals surface area contributed by atoms with E-state index in [4.69, 9.17) is 5.26 Å². The molecule has 6 heteroatoms. The summed E-state index contributed by atoms with van der Waals surface area (Å²) in [5.41, 5.74) is 2.89. The number of carbonyl (C=O) groups is 1. The Morgan fingerprint density at radius 2 is 2.14 bits per heavy atom. The normalized spacial score (nSPS) is 11.8. The fourth-order valence-corrected chi connectivity index (χ4v) is 2.42. The number of aryl methyl sites for hydroxylation is 1. The second kappa shape index (κ2) is 6.75. The molecule has 1 aromatic carbocycles. The minimum atomic E-state index is -0.267. The lowest BCUT2D eigenvalue weighted by molar-refractivity contribution is -0.119. The third-order valence-corrected chi connectivity index (χ3v) is 4.64. The van der Waals surface area contributed by atoms with Crippen molar-refractivity contribution >= 4 is 27.5 Å². The van der Waals surface area contributed by atoms with Gasteiger partial charge in [0.2, 0.25) is 5.91 Å². The minimum Gasteiger partial charge on any atom is -0.325 e. The van der Waals surface area contributed by atoms with Gasteiger partial charge in [0.1, 0.15) is 6.07 Å². The molecule has 0 aliphatic rings. The first-order valence-electron chi connectivity index (χ1n) is 6.93. The van der Waals surface area contributed by atoms with E-state index in [0.717, 1.165) is 15.9 Å². The second-order valence-electron chi connectivity index (χ2n) is 5.21. The fourth-order valence-electron chi connectivity index (χ4n) is 2.14. The summed E-state index contributed by atoms with van der Waals surface area (Å²) in [4.78, 5) is 12.3. The van der Waals surface area contributed by atoms with Crippen molar-refractivity contribution in [3.8, 4) is 6.07 Å². The number of halogens is 1. The number of amides is 1. The molecule has 0 aliphatic heterocycles. The van der Waals surface area contributed by atoms with E-state index in [1.165, 1.54) is 0 Å². The molecule has 1 amide bonds. The van der Waals surface area contributed by atoms with E-state index in [0.29, 0.717) is 17.8 Å². The van der Waals surface area contributed by atoms with Crippen LogP contribution in [0.1, 0.15) is 23.9 Å². The van der Waals surface area contributed by atoms with Crippen molar-refractivity contribution < 1.29 is 4.79 Å². The van der Waals surface area contributed by atoms with Crippen molar-refractivity contribution in [3.05, 3.63) is 45.7 Å². The van der Waals surface area contributed by atoms with Gasteiger partial charge in [-0.05, 0) is 41.9 Å². The van der Waals surface area contributed by atoms with Crippen molar-refractivity contribution in [1.82, 2.24) is 9.78 Å². The zero-order chi connectivity index (χ0) is 16.3. The van der Waals surface area contributed by atoms with E-state index in [9.17, 15) is 4.79 Å². The Kier molecular flexibility index (Phi) is 4.99.